The van der Waals surface area contributed by atoms with Gasteiger partial charge in [-0.15, -0.1) is 16.8 Å². The van der Waals surface area contributed by atoms with Crippen LogP contribution in [0, 0.1) is 6.92 Å². The average Bonchev–Trinajstić information content (AvgIpc) is 3.31. The van der Waals surface area contributed by atoms with Crippen molar-refractivity contribution in [1.29, 1.82) is 0 Å². The van der Waals surface area contributed by atoms with E-state index in [1.165, 1.54) is 18.7 Å². The molecular formula is C22H24N4O3S. The summed E-state index contributed by atoms with van der Waals surface area (Å²) in [6.07, 6.45) is 3.38. The van der Waals surface area contributed by atoms with Crippen LogP contribution in [0.15, 0.2) is 58.8 Å². The van der Waals surface area contributed by atoms with Gasteiger partial charge >= 0.3 is 0 Å². The van der Waals surface area contributed by atoms with Crippen LogP contribution in [0.5, 0.6) is 0 Å². The second kappa shape index (κ2) is 9.58. The summed E-state index contributed by atoms with van der Waals surface area (Å²) < 4.78 is 7.29. The van der Waals surface area contributed by atoms with Crippen LogP contribution in [-0.2, 0) is 11.3 Å². The molecule has 3 rings (SSSR count). The summed E-state index contributed by atoms with van der Waals surface area (Å²) in [5.41, 5.74) is 2.42. The van der Waals surface area contributed by atoms with E-state index < -0.39 is 0 Å². The largest absolute Gasteiger partial charge is 0.469 e. The molecule has 156 valence electrons. The van der Waals surface area contributed by atoms with Crippen molar-refractivity contribution in [3.63, 3.8) is 0 Å². The Morgan fingerprint density at radius 3 is 2.60 bits per heavy atom. The van der Waals surface area contributed by atoms with Crippen molar-refractivity contribution in [3.05, 3.63) is 66.1 Å². The van der Waals surface area contributed by atoms with E-state index >= 15 is 0 Å². The fraction of sp³-hybridized carbons (Fsp3) is 0.273. The first-order chi connectivity index (χ1) is 14.4. The molecule has 0 saturated carbocycles. The number of hydrogen-bond donors (Lipinski definition) is 1. The third-order valence-electron chi connectivity index (χ3n) is 4.61. The molecule has 30 heavy (non-hydrogen) atoms. The molecule has 0 saturated heterocycles. The first-order valence-corrected chi connectivity index (χ1v) is 10.5. The lowest BCUT2D eigenvalue weighted by Gasteiger charge is -2.13. The first kappa shape index (κ1) is 21.6. The van der Waals surface area contributed by atoms with Gasteiger partial charge in [0.2, 0.25) is 5.91 Å². The maximum absolute atomic E-state index is 12.7. The lowest BCUT2D eigenvalue weighted by Crippen LogP contribution is -2.23. The minimum Gasteiger partial charge on any atom is -0.469 e. The van der Waals surface area contributed by atoms with Gasteiger partial charge < -0.3 is 9.73 Å². The highest BCUT2D eigenvalue weighted by Crippen LogP contribution is 2.27. The zero-order valence-corrected chi connectivity index (χ0v) is 18.0. The van der Waals surface area contributed by atoms with Crippen molar-refractivity contribution in [1.82, 2.24) is 20.1 Å². The van der Waals surface area contributed by atoms with E-state index in [4.69, 9.17) is 4.42 Å². The number of carbonyl (C=O) groups is 2. The third-order valence-corrected chi connectivity index (χ3v) is 5.58. The Balaban J connectivity index is 1.70. The van der Waals surface area contributed by atoms with Crippen molar-refractivity contribution in [2.75, 3.05) is 5.75 Å². The zero-order chi connectivity index (χ0) is 21.7. The molecule has 2 aromatic heterocycles. The van der Waals surface area contributed by atoms with Crippen molar-refractivity contribution < 1.29 is 14.0 Å². The van der Waals surface area contributed by atoms with Gasteiger partial charge in [0.05, 0.1) is 23.6 Å². The molecule has 1 amide bonds. The van der Waals surface area contributed by atoms with Gasteiger partial charge in [0.15, 0.2) is 16.8 Å². The summed E-state index contributed by atoms with van der Waals surface area (Å²) in [6, 6.07) is 9.03. The van der Waals surface area contributed by atoms with Gasteiger partial charge in [-0.3, -0.25) is 14.2 Å². The summed E-state index contributed by atoms with van der Waals surface area (Å²) in [7, 11) is 0. The molecule has 1 aromatic carbocycles. The Morgan fingerprint density at radius 2 is 2.00 bits per heavy atom. The first-order valence-electron chi connectivity index (χ1n) is 9.52. The van der Waals surface area contributed by atoms with Gasteiger partial charge in [-0.1, -0.05) is 42.1 Å². The molecule has 0 bridgehead atoms. The lowest BCUT2D eigenvalue weighted by atomic mass is 10.0. The van der Waals surface area contributed by atoms with Crippen LogP contribution in [0.1, 0.15) is 41.6 Å². The van der Waals surface area contributed by atoms with Crippen LogP contribution >= 0.6 is 11.8 Å². The van der Waals surface area contributed by atoms with E-state index in [2.05, 4.69) is 22.1 Å². The van der Waals surface area contributed by atoms with E-state index in [-0.39, 0.29) is 23.5 Å². The van der Waals surface area contributed by atoms with Gasteiger partial charge in [0.1, 0.15) is 5.76 Å². The normalized spacial score (nSPS) is 11.8. The minimum absolute atomic E-state index is 0.00655. The molecule has 0 radical (unpaired) electrons. The van der Waals surface area contributed by atoms with Crippen molar-refractivity contribution in [3.8, 4) is 11.4 Å². The number of aryl methyl sites for hydroxylation is 1. The van der Waals surface area contributed by atoms with Crippen LogP contribution < -0.4 is 5.32 Å². The molecular weight excluding hydrogens is 400 g/mol. The van der Waals surface area contributed by atoms with E-state index in [1.807, 2.05) is 36.6 Å². The lowest BCUT2D eigenvalue weighted by molar-refractivity contribution is -0.119. The van der Waals surface area contributed by atoms with Crippen LogP contribution in [0.25, 0.3) is 11.4 Å². The molecule has 0 aliphatic carbocycles. The Bertz CT molecular complexity index is 1050. The van der Waals surface area contributed by atoms with Gasteiger partial charge in [0, 0.05) is 19.0 Å². The molecule has 7 nitrogen and oxygen atoms in total. The van der Waals surface area contributed by atoms with E-state index in [9.17, 15) is 9.59 Å². The van der Waals surface area contributed by atoms with E-state index in [0.717, 1.165) is 16.9 Å². The number of furan rings is 1. The molecule has 1 atom stereocenters. The Hall–Kier alpha value is -3.13. The monoisotopic (exact) mass is 424 g/mol. The molecule has 0 aliphatic rings. The SMILES string of the molecule is C=CCn1c(SCC(=O)c2ccc([C@H](C)NC(C)=O)cc2)nnc1-c1ccoc1C. The number of amides is 1. The smallest absolute Gasteiger partial charge is 0.217 e. The Labute approximate surface area is 179 Å². The second-order valence-electron chi connectivity index (χ2n) is 6.85. The second-order valence-corrected chi connectivity index (χ2v) is 7.79. The maximum Gasteiger partial charge on any atom is 0.217 e. The Morgan fingerprint density at radius 1 is 1.27 bits per heavy atom. The number of benzene rings is 1. The predicted octanol–water partition coefficient (Wildman–Crippen LogP) is 4.20. The number of thioether (sulfide) groups is 1. The van der Waals surface area contributed by atoms with Crippen LogP contribution in [-0.4, -0.2) is 32.2 Å². The fourth-order valence-electron chi connectivity index (χ4n) is 3.06. The summed E-state index contributed by atoms with van der Waals surface area (Å²) in [6.45, 7) is 9.58. The highest BCUT2D eigenvalue weighted by atomic mass is 32.2. The molecule has 0 unspecified atom stereocenters. The van der Waals surface area contributed by atoms with Gasteiger partial charge in [0.25, 0.3) is 0 Å². The van der Waals surface area contributed by atoms with Crippen molar-refractivity contribution in [2.45, 2.75) is 38.5 Å². The quantitative estimate of drug-likeness (QED) is 0.314. The summed E-state index contributed by atoms with van der Waals surface area (Å²) >= 11 is 1.34. The summed E-state index contributed by atoms with van der Waals surface area (Å²) in [4.78, 5) is 23.9. The number of carbonyl (C=O) groups excluding carboxylic acids is 2. The maximum atomic E-state index is 12.7. The molecule has 0 aliphatic heterocycles. The number of aromatic nitrogens is 3. The number of Topliss-reactive ketones (excluding diaryl/α,β-unsaturated/α-hetero) is 1. The molecule has 0 fully saturated rings. The van der Waals surface area contributed by atoms with Crippen LogP contribution in [0.2, 0.25) is 0 Å². The van der Waals surface area contributed by atoms with Gasteiger partial charge in [-0.25, -0.2) is 0 Å². The summed E-state index contributed by atoms with van der Waals surface area (Å²) in [5.74, 6) is 1.59. The summed E-state index contributed by atoms with van der Waals surface area (Å²) in [5, 5.41) is 12.0. The highest BCUT2D eigenvalue weighted by Gasteiger charge is 2.18. The number of ketones is 1. The zero-order valence-electron chi connectivity index (χ0n) is 17.2. The molecule has 3 aromatic rings. The van der Waals surface area contributed by atoms with Crippen molar-refractivity contribution in [2.24, 2.45) is 0 Å². The van der Waals surface area contributed by atoms with Crippen molar-refractivity contribution >= 4 is 23.5 Å². The fourth-order valence-corrected chi connectivity index (χ4v) is 3.91. The topological polar surface area (TPSA) is 90.0 Å². The number of hydrogen-bond acceptors (Lipinski definition) is 6. The molecule has 8 heteroatoms. The standard InChI is InChI=1S/C22H24N4O3S/c1-5-11-26-21(19-10-12-29-15(19)3)24-25-22(26)30-13-20(28)18-8-6-17(7-9-18)14(2)23-16(4)27/h5-10,12,14H,1,11,13H2,2-4H3,(H,23,27)/t14-/m0/s1. The number of nitrogens with zero attached hydrogens (tertiary/aromatic N) is 3. The van der Waals surface area contributed by atoms with Gasteiger partial charge in [-0.05, 0) is 25.5 Å². The number of nitrogens with one attached hydrogen (secondary N) is 1. The van der Waals surface area contributed by atoms with Gasteiger partial charge in [-0.2, -0.15) is 0 Å². The molecule has 0 spiro atoms. The third kappa shape index (κ3) is 4.88. The van der Waals surface area contributed by atoms with E-state index in [1.54, 1.807) is 24.5 Å². The highest BCUT2D eigenvalue weighted by molar-refractivity contribution is 7.99. The number of rotatable bonds is 9. The predicted molar refractivity (Wildman–Crippen MR) is 116 cm³/mol. The van der Waals surface area contributed by atoms with Crippen LogP contribution in [0.4, 0.5) is 0 Å². The minimum atomic E-state index is -0.108. The molecule has 1 N–H and O–H groups in total. The van der Waals surface area contributed by atoms with Crippen LogP contribution in [0.3, 0.4) is 0 Å². The molecule has 2 heterocycles. The van der Waals surface area contributed by atoms with E-state index in [0.29, 0.717) is 23.1 Å². The Kier molecular flexibility index (Phi) is 6.89. The number of allylic oxidation sites excluding steroid dienone is 1. The average molecular weight is 425 g/mol.